The molecule has 0 bridgehead atoms. The molecule has 0 radical (unpaired) electrons. The zero-order valence-electron chi connectivity index (χ0n) is 15.3. The van der Waals surface area contributed by atoms with Crippen molar-refractivity contribution in [2.24, 2.45) is 0 Å². The van der Waals surface area contributed by atoms with Crippen molar-refractivity contribution in [3.8, 4) is 23.0 Å². The molecule has 28 heavy (non-hydrogen) atoms. The molecule has 0 saturated carbocycles. The summed E-state index contributed by atoms with van der Waals surface area (Å²) in [6.07, 6.45) is 2.49. The second-order valence-corrected chi connectivity index (χ2v) is 5.67. The highest BCUT2D eigenvalue weighted by Crippen LogP contribution is 2.36. The van der Waals surface area contributed by atoms with E-state index in [1.807, 2.05) is 0 Å². The first-order chi connectivity index (χ1) is 13.4. The fraction of sp³-hybridized carbons (Fsp3) is 0.211. The van der Waals surface area contributed by atoms with Crippen LogP contribution in [0.3, 0.4) is 0 Å². The minimum absolute atomic E-state index is 0.118. The Balaban J connectivity index is 2.26. The molecule has 0 aliphatic heterocycles. The Kier molecular flexibility index (Phi) is 7.45. The van der Waals surface area contributed by atoms with Crippen LogP contribution in [0.5, 0.6) is 23.0 Å². The standard InChI is InChI=1S/C19H18ClF2NO5/c1-25-14-6-4-5-11(18(14)28-19(21)22)7-8-17(24)23-13-10-15(26-2)12(20)9-16(13)27-3/h4-10,19H,1-3H3,(H,23,24)/b8-7+. The number of carbonyl (C=O) groups excluding carboxylic acids is 1. The van der Waals surface area contributed by atoms with E-state index >= 15 is 0 Å². The minimum Gasteiger partial charge on any atom is -0.495 e. The van der Waals surface area contributed by atoms with Crippen molar-refractivity contribution < 1.29 is 32.5 Å². The monoisotopic (exact) mass is 413 g/mol. The van der Waals surface area contributed by atoms with Crippen LogP contribution in [0.25, 0.3) is 6.08 Å². The van der Waals surface area contributed by atoms with Gasteiger partial charge in [-0.2, -0.15) is 8.78 Å². The fourth-order valence-electron chi connectivity index (χ4n) is 2.34. The van der Waals surface area contributed by atoms with Gasteiger partial charge in [-0.15, -0.1) is 0 Å². The molecule has 0 heterocycles. The van der Waals surface area contributed by atoms with E-state index in [9.17, 15) is 13.6 Å². The molecular formula is C19H18ClF2NO5. The maximum absolute atomic E-state index is 12.7. The van der Waals surface area contributed by atoms with Gasteiger partial charge in [0.25, 0.3) is 0 Å². The van der Waals surface area contributed by atoms with Crippen LogP contribution in [0.15, 0.2) is 36.4 Å². The summed E-state index contributed by atoms with van der Waals surface area (Å²) in [5, 5.41) is 2.93. The number of hydrogen-bond donors (Lipinski definition) is 1. The van der Waals surface area contributed by atoms with E-state index in [2.05, 4.69) is 10.1 Å². The summed E-state index contributed by atoms with van der Waals surface area (Å²) in [6.45, 7) is -3.04. The van der Waals surface area contributed by atoms with Crippen LogP contribution < -0.4 is 24.3 Å². The summed E-state index contributed by atoms with van der Waals surface area (Å²) in [6, 6.07) is 7.57. The molecule has 2 rings (SSSR count). The molecule has 0 spiro atoms. The highest BCUT2D eigenvalue weighted by Gasteiger charge is 2.15. The first-order valence-electron chi connectivity index (χ1n) is 7.92. The molecule has 0 fully saturated rings. The van der Waals surface area contributed by atoms with Crippen LogP contribution in [0.2, 0.25) is 5.02 Å². The molecule has 0 atom stereocenters. The summed E-state index contributed by atoms with van der Waals surface area (Å²) in [5.41, 5.74) is 0.573. The number of carbonyl (C=O) groups is 1. The Morgan fingerprint density at radius 3 is 2.36 bits per heavy atom. The van der Waals surface area contributed by atoms with Crippen molar-refractivity contribution in [1.82, 2.24) is 0 Å². The van der Waals surface area contributed by atoms with Gasteiger partial charge in [0.2, 0.25) is 5.91 Å². The first-order valence-corrected chi connectivity index (χ1v) is 8.29. The van der Waals surface area contributed by atoms with Crippen LogP contribution in [-0.4, -0.2) is 33.8 Å². The predicted octanol–water partition coefficient (Wildman–Crippen LogP) is 4.62. The SMILES string of the molecule is COc1cc(NC(=O)/C=C/c2cccc(OC)c2OC(F)F)c(OC)cc1Cl. The zero-order chi connectivity index (χ0) is 20.7. The molecule has 9 heteroatoms. The lowest BCUT2D eigenvalue weighted by Crippen LogP contribution is -2.09. The molecule has 1 N–H and O–H groups in total. The number of amides is 1. The van der Waals surface area contributed by atoms with Crippen molar-refractivity contribution >= 4 is 29.3 Å². The summed E-state index contributed by atoms with van der Waals surface area (Å²) >= 11 is 6.03. The number of nitrogens with one attached hydrogen (secondary N) is 1. The van der Waals surface area contributed by atoms with Gasteiger partial charge in [-0.3, -0.25) is 4.79 Å². The van der Waals surface area contributed by atoms with Crippen LogP contribution in [0.1, 0.15) is 5.56 Å². The smallest absolute Gasteiger partial charge is 0.387 e. The second-order valence-electron chi connectivity index (χ2n) is 5.27. The average Bonchev–Trinajstić information content (AvgIpc) is 2.67. The highest BCUT2D eigenvalue weighted by atomic mass is 35.5. The fourth-order valence-corrected chi connectivity index (χ4v) is 2.57. The molecule has 0 aromatic heterocycles. The van der Waals surface area contributed by atoms with E-state index in [0.29, 0.717) is 22.2 Å². The summed E-state index contributed by atoms with van der Waals surface area (Å²) in [5.74, 6) is 0.0908. The number of halogens is 3. The summed E-state index contributed by atoms with van der Waals surface area (Å²) in [7, 11) is 4.19. The normalized spacial score (nSPS) is 10.8. The van der Waals surface area contributed by atoms with Crippen molar-refractivity contribution in [2.75, 3.05) is 26.6 Å². The predicted molar refractivity (Wildman–Crippen MR) is 102 cm³/mol. The van der Waals surface area contributed by atoms with Gasteiger partial charge in [0, 0.05) is 23.8 Å². The number of rotatable bonds is 8. The van der Waals surface area contributed by atoms with Gasteiger partial charge < -0.3 is 24.3 Å². The molecule has 2 aromatic carbocycles. The molecule has 0 unspecified atom stereocenters. The largest absolute Gasteiger partial charge is 0.495 e. The van der Waals surface area contributed by atoms with E-state index < -0.39 is 12.5 Å². The maximum Gasteiger partial charge on any atom is 0.387 e. The topological polar surface area (TPSA) is 66.0 Å². The van der Waals surface area contributed by atoms with Crippen molar-refractivity contribution in [2.45, 2.75) is 6.61 Å². The van der Waals surface area contributed by atoms with Crippen LogP contribution in [-0.2, 0) is 4.79 Å². The van der Waals surface area contributed by atoms with Crippen molar-refractivity contribution in [1.29, 1.82) is 0 Å². The maximum atomic E-state index is 12.7. The molecule has 150 valence electrons. The Labute approximate surface area is 165 Å². The molecule has 0 aliphatic rings. The number of methoxy groups -OCH3 is 3. The van der Waals surface area contributed by atoms with Gasteiger partial charge in [0.1, 0.15) is 11.5 Å². The summed E-state index contributed by atoms with van der Waals surface area (Å²) in [4.78, 5) is 12.3. The van der Waals surface area contributed by atoms with Crippen LogP contribution in [0.4, 0.5) is 14.5 Å². The number of anilines is 1. The van der Waals surface area contributed by atoms with Crippen LogP contribution in [0, 0.1) is 0 Å². The summed E-state index contributed by atoms with van der Waals surface area (Å²) < 4.78 is 45.2. The molecule has 6 nitrogen and oxygen atoms in total. The van der Waals surface area contributed by atoms with Crippen LogP contribution >= 0.6 is 11.6 Å². The second kappa shape index (κ2) is 9.80. The molecule has 1 amide bonds. The minimum atomic E-state index is -3.04. The van der Waals surface area contributed by atoms with Gasteiger partial charge in [-0.25, -0.2) is 0 Å². The molecule has 0 saturated heterocycles. The third-order valence-corrected chi connectivity index (χ3v) is 3.88. The van der Waals surface area contributed by atoms with Gasteiger partial charge in [0.15, 0.2) is 11.5 Å². The van der Waals surface area contributed by atoms with Crippen molar-refractivity contribution in [3.05, 3.63) is 47.0 Å². The van der Waals surface area contributed by atoms with Gasteiger partial charge in [0.05, 0.1) is 32.0 Å². The highest BCUT2D eigenvalue weighted by molar-refractivity contribution is 6.32. The molecular weight excluding hydrogens is 396 g/mol. The lowest BCUT2D eigenvalue weighted by molar-refractivity contribution is -0.111. The first kappa shape index (κ1) is 21.3. The van der Waals surface area contributed by atoms with Crippen molar-refractivity contribution in [3.63, 3.8) is 0 Å². The lowest BCUT2D eigenvalue weighted by Gasteiger charge is -2.13. The van der Waals surface area contributed by atoms with Gasteiger partial charge >= 0.3 is 6.61 Å². The van der Waals surface area contributed by atoms with E-state index in [0.717, 1.165) is 6.08 Å². The third-order valence-electron chi connectivity index (χ3n) is 3.58. The number of hydrogen-bond acceptors (Lipinski definition) is 5. The van der Waals surface area contributed by atoms with Gasteiger partial charge in [-0.05, 0) is 12.1 Å². The van der Waals surface area contributed by atoms with E-state index in [-0.39, 0.29) is 17.1 Å². The Hall–Kier alpha value is -3.00. The number of alkyl halides is 2. The molecule has 0 aliphatic carbocycles. The number of para-hydroxylation sites is 1. The van der Waals surface area contributed by atoms with E-state index in [4.69, 9.17) is 25.8 Å². The zero-order valence-corrected chi connectivity index (χ0v) is 16.0. The van der Waals surface area contributed by atoms with Gasteiger partial charge in [-0.1, -0.05) is 23.7 Å². The average molecular weight is 414 g/mol. The Morgan fingerprint density at radius 1 is 1.07 bits per heavy atom. The van der Waals surface area contributed by atoms with E-state index in [1.165, 1.54) is 51.7 Å². The number of benzene rings is 2. The Bertz CT molecular complexity index is 874. The Morgan fingerprint density at radius 2 is 1.75 bits per heavy atom. The van der Waals surface area contributed by atoms with E-state index in [1.54, 1.807) is 6.07 Å². The third kappa shape index (κ3) is 5.26. The molecule has 2 aromatic rings. The lowest BCUT2D eigenvalue weighted by atomic mass is 10.1. The number of ether oxygens (including phenoxy) is 4. The quantitative estimate of drug-likeness (QED) is 0.640.